The molecule has 2 aromatic carbocycles. The van der Waals surface area contributed by atoms with Crippen molar-refractivity contribution in [2.45, 2.75) is 31.8 Å². The number of fused-ring (bicyclic) bond motifs is 1. The molecule has 2 heterocycles. The largest absolute Gasteiger partial charge is 0.493 e. The third-order valence-electron chi connectivity index (χ3n) is 5.16. The van der Waals surface area contributed by atoms with Gasteiger partial charge in [-0.15, -0.1) is 0 Å². The second kappa shape index (κ2) is 7.39. The molecule has 0 saturated carbocycles. The molecule has 4 rings (SSSR count). The summed E-state index contributed by atoms with van der Waals surface area (Å²) in [5.74, 6) is 3.12. The average molecular weight is 369 g/mol. The molecule has 1 saturated heterocycles. The fourth-order valence-corrected chi connectivity index (χ4v) is 3.74. The summed E-state index contributed by atoms with van der Waals surface area (Å²) in [6.45, 7) is 0.830. The number of hydrogen-bond donors (Lipinski definition) is 0. The summed E-state index contributed by atoms with van der Waals surface area (Å²) in [7, 11) is 3.26. The van der Waals surface area contributed by atoms with Crippen molar-refractivity contribution in [3.05, 3.63) is 47.5 Å². The van der Waals surface area contributed by atoms with E-state index in [1.165, 1.54) is 0 Å². The maximum absolute atomic E-state index is 12.5. The molecule has 27 heavy (non-hydrogen) atoms. The predicted octanol–water partition coefficient (Wildman–Crippen LogP) is 3.17. The highest BCUT2D eigenvalue weighted by molar-refractivity contribution is 5.78. The maximum atomic E-state index is 12.5. The minimum Gasteiger partial charge on any atom is -0.493 e. The molecule has 0 aliphatic carbocycles. The van der Waals surface area contributed by atoms with Crippen LogP contribution in [0.4, 0.5) is 0 Å². The quantitative estimate of drug-likeness (QED) is 0.783. The molecule has 0 radical (unpaired) electrons. The lowest BCUT2D eigenvalue weighted by Crippen LogP contribution is -2.33. The third-order valence-corrected chi connectivity index (χ3v) is 5.16. The lowest BCUT2D eigenvalue weighted by atomic mass is 10.0. The Morgan fingerprint density at radius 1 is 1.00 bits per heavy atom. The van der Waals surface area contributed by atoms with E-state index in [0.717, 1.165) is 35.5 Å². The van der Waals surface area contributed by atoms with Crippen molar-refractivity contribution >= 4 is 5.91 Å². The van der Waals surface area contributed by atoms with Gasteiger partial charge in [0.15, 0.2) is 23.0 Å². The molecule has 1 fully saturated rings. The second-order valence-electron chi connectivity index (χ2n) is 6.80. The summed E-state index contributed by atoms with van der Waals surface area (Å²) < 4.78 is 21.5. The van der Waals surface area contributed by atoms with Crippen LogP contribution in [0.2, 0.25) is 0 Å². The Bertz CT molecular complexity index is 850. The van der Waals surface area contributed by atoms with Gasteiger partial charge >= 0.3 is 0 Å². The summed E-state index contributed by atoms with van der Waals surface area (Å²) in [5, 5.41) is 0. The van der Waals surface area contributed by atoms with E-state index in [1.807, 2.05) is 41.3 Å². The van der Waals surface area contributed by atoms with Gasteiger partial charge in [-0.2, -0.15) is 0 Å². The number of benzene rings is 2. The van der Waals surface area contributed by atoms with Crippen LogP contribution >= 0.6 is 0 Å². The van der Waals surface area contributed by atoms with Crippen molar-refractivity contribution in [1.82, 2.24) is 4.90 Å². The summed E-state index contributed by atoms with van der Waals surface area (Å²) in [6.07, 6.45) is 2.23. The van der Waals surface area contributed by atoms with Crippen molar-refractivity contribution in [1.29, 1.82) is 0 Å². The number of methoxy groups -OCH3 is 2. The lowest BCUT2D eigenvalue weighted by Gasteiger charge is -2.25. The molecule has 1 amide bonds. The number of hydrogen-bond acceptors (Lipinski definition) is 5. The van der Waals surface area contributed by atoms with Crippen LogP contribution < -0.4 is 18.9 Å². The Balaban J connectivity index is 1.50. The Hall–Kier alpha value is -2.89. The topological polar surface area (TPSA) is 57.2 Å². The summed E-state index contributed by atoms with van der Waals surface area (Å²) in [6, 6.07) is 12.0. The number of carbonyl (C=O) groups excluding carboxylic acids is 1. The molecule has 0 N–H and O–H groups in total. The van der Waals surface area contributed by atoms with E-state index in [2.05, 4.69) is 0 Å². The Kier molecular flexibility index (Phi) is 4.79. The van der Waals surface area contributed by atoms with Gasteiger partial charge in [-0.3, -0.25) is 4.79 Å². The normalized spacial score (nSPS) is 18.1. The molecular formula is C21H23NO5. The molecule has 0 aromatic heterocycles. The zero-order chi connectivity index (χ0) is 18.8. The van der Waals surface area contributed by atoms with Gasteiger partial charge in [-0.05, 0) is 48.2 Å². The average Bonchev–Trinajstić information content (AvgIpc) is 3.29. The molecule has 2 aliphatic heterocycles. The molecule has 0 spiro atoms. The molecule has 142 valence electrons. The lowest BCUT2D eigenvalue weighted by molar-refractivity contribution is -0.129. The van der Waals surface area contributed by atoms with Crippen molar-refractivity contribution in [2.75, 3.05) is 21.0 Å². The fraction of sp³-hybridized carbons (Fsp3) is 0.381. The Morgan fingerprint density at radius 3 is 2.59 bits per heavy atom. The van der Waals surface area contributed by atoms with Gasteiger partial charge in [0.25, 0.3) is 0 Å². The van der Waals surface area contributed by atoms with Crippen LogP contribution in [0.15, 0.2) is 36.4 Å². The van der Waals surface area contributed by atoms with Gasteiger partial charge in [0, 0.05) is 19.0 Å². The van der Waals surface area contributed by atoms with Gasteiger partial charge in [0.1, 0.15) is 0 Å². The van der Waals surface area contributed by atoms with Gasteiger partial charge in [-0.1, -0.05) is 12.1 Å². The van der Waals surface area contributed by atoms with E-state index < -0.39 is 0 Å². The summed E-state index contributed by atoms with van der Waals surface area (Å²) in [5.41, 5.74) is 2.18. The molecule has 1 atom stereocenters. The first-order valence-electron chi connectivity index (χ1n) is 9.07. The minimum atomic E-state index is 0.168. The van der Waals surface area contributed by atoms with E-state index >= 15 is 0 Å². The minimum absolute atomic E-state index is 0.168. The van der Waals surface area contributed by atoms with E-state index in [-0.39, 0.29) is 18.7 Å². The standard InChI is InChI=1S/C21H23NO5/c1-24-17-6-3-14(10-19(17)25-2)9-16-5-8-21(23)22(16)12-15-4-7-18-20(11-15)27-13-26-18/h3-4,6-7,10-11,16H,5,8-9,12-13H2,1-2H3. The van der Waals surface area contributed by atoms with Gasteiger partial charge in [-0.25, -0.2) is 0 Å². The summed E-state index contributed by atoms with van der Waals surface area (Å²) in [4.78, 5) is 14.4. The van der Waals surface area contributed by atoms with Crippen LogP contribution in [0.1, 0.15) is 24.0 Å². The number of nitrogens with zero attached hydrogens (tertiary/aromatic N) is 1. The van der Waals surface area contributed by atoms with Crippen molar-refractivity contribution < 1.29 is 23.7 Å². The zero-order valence-corrected chi connectivity index (χ0v) is 15.6. The van der Waals surface area contributed by atoms with Crippen LogP contribution in [-0.2, 0) is 17.8 Å². The highest BCUT2D eigenvalue weighted by Gasteiger charge is 2.31. The molecule has 1 unspecified atom stereocenters. The molecule has 2 aliphatic rings. The molecule has 0 bridgehead atoms. The summed E-state index contributed by atoms with van der Waals surface area (Å²) >= 11 is 0. The number of amides is 1. The SMILES string of the molecule is COc1ccc(CC2CCC(=O)N2Cc2ccc3c(c2)OCO3)cc1OC. The van der Waals surface area contributed by atoms with Crippen LogP contribution in [0.5, 0.6) is 23.0 Å². The first-order chi connectivity index (χ1) is 13.2. The van der Waals surface area contributed by atoms with E-state index in [9.17, 15) is 4.79 Å². The van der Waals surface area contributed by atoms with Crippen LogP contribution in [-0.4, -0.2) is 37.9 Å². The van der Waals surface area contributed by atoms with E-state index in [4.69, 9.17) is 18.9 Å². The van der Waals surface area contributed by atoms with Crippen LogP contribution in [0, 0.1) is 0 Å². The third kappa shape index (κ3) is 3.52. The van der Waals surface area contributed by atoms with E-state index in [0.29, 0.717) is 24.5 Å². The Labute approximate surface area is 158 Å². The highest BCUT2D eigenvalue weighted by atomic mass is 16.7. The second-order valence-corrected chi connectivity index (χ2v) is 6.80. The number of rotatable bonds is 6. The van der Waals surface area contributed by atoms with Crippen molar-refractivity contribution in [2.24, 2.45) is 0 Å². The van der Waals surface area contributed by atoms with Crippen LogP contribution in [0.3, 0.4) is 0 Å². The highest BCUT2D eigenvalue weighted by Crippen LogP contribution is 2.34. The number of ether oxygens (including phenoxy) is 4. The van der Waals surface area contributed by atoms with Crippen molar-refractivity contribution in [3.8, 4) is 23.0 Å². The predicted molar refractivity (Wildman–Crippen MR) is 99.4 cm³/mol. The van der Waals surface area contributed by atoms with E-state index in [1.54, 1.807) is 14.2 Å². The van der Waals surface area contributed by atoms with Gasteiger partial charge in [0.2, 0.25) is 12.7 Å². The van der Waals surface area contributed by atoms with Gasteiger partial charge < -0.3 is 23.8 Å². The van der Waals surface area contributed by atoms with Crippen LogP contribution in [0.25, 0.3) is 0 Å². The molecule has 6 heteroatoms. The molecule has 2 aromatic rings. The first-order valence-corrected chi connectivity index (χ1v) is 9.07. The zero-order valence-electron chi connectivity index (χ0n) is 15.6. The number of carbonyl (C=O) groups is 1. The Morgan fingerprint density at radius 2 is 1.78 bits per heavy atom. The first kappa shape index (κ1) is 17.5. The smallest absolute Gasteiger partial charge is 0.231 e. The molecular weight excluding hydrogens is 346 g/mol. The fourth-order valence-electron chi connectivity index (χ4n) is 3.74. The monoisotopic (exact) mass is 369 g/mol. The van der Waals surface area contributed by atoms with Crippen molar-refractivity contribution in [3.63, 3.8) is 0 Å². The number of likely N-dealkylation sites (tertiary alicyclic amines) is 1. The maximum Gasteiger partial charge on any atom is 0.231 e. The molecule has 6 nitrogen and oxygen atoms in total. The van der Waals surface area contributed by atoms with Gasteiger partial charge in [0.05, 0.1) is 14.2 Å².